The van der Waals surface area contributed by atoms with Crippen LogP contribution in [-0.2, 0) is 63.7 Å². The van der Waals surface area contributed by atoms with Crippen molar-refractivity contribution < 1.29 is 75.8 Å². The molecule has 1 atom stereocenters. The molecule has 9 N–H and O–H groups in total. The summed E-state index contributed by atoms with van der Waals surface area (Å²) in [6, 6.07) is 13.3. The molecule has 2 heterocycles. The first-order chi connectivity index (χ1) is 31.0. The Bertz CT molecular complexity index is 2470. The summed E-state index contributed by atoms with van der Waals surface area (Å²) >= 11 is 0. The summed E-state index contributed by atoms with van der Waals surface area (Å²) in [5.74, 6) is -6.20. The predicted molar refractivity (Wildman–Crippen MR) is 241 cm³/mol. The molecule has 5 rings (SSSR count). The van der Waals surface area contributed by atoms with E-state index in [2.05, 4.69) is 20.6 Å². The monoisotopic (exact) mass is 975 g/mol. The molecule has 3 aromatic carbocycles. The average molecular weight is 976 g/mol. The van der Waals surface area contributed by atoms with Gasteiger partial charge in [0, 0.05) is 70.0 Å². The number of amides is 3. The van der Waals surface area contributed by atoms with Gasteiger partial charge in [-0.15, -0.1) is 0 Å². The van der Waals surface area contributed by atoms with Crippen LogP contribution in [0.25, 0.3) is 21.7 Å². The molecule has 23 heteroatoms. The topological polar surface area (TPSA) is 318 Å². The quantitative estimate of drug-likeness (QED) is 0.0230. The van der Waals surface area contributed by atoms with Crippen LogP contribution in [0.1, 0.15) is 47.6 Å². The van der Waals surface area contributed by atoms with Crippen molar-refractivity contribution in [3.63, 3.8) is 0 Å². The van der Waals surface area contributed by atoms with Crippen molar-refractivity contribution in [1.82, 2.24) is 34.9 Å². The van der Waals surface area contributed by atoms with E-state index >= 15 is 0 Å². The Labute approximate surface area is 395 Å². The molecule has 0 saturated heterocycles. The number of anilines is 1. The van der Waals surface area contributed by atoms with Gasteiger partial charge in [0.25, 0.3) is 11.5 Å². The van der Waals surface area contributed by atoms with E-state index in [-0.39, 0.29) is 102 Å². The van der Waals surface area contributed by atoms with Gasteiger partial charge in [-0.2, -0.15) is 0 Å². The minimum absolute atomic E-state index is 0. The molecule has 1 aliphatic heterocycles. The summed E-state index contributed by atoms with van der Waals surface area (Å²) in [6.45, 7) is -0.0560. The molecule has 362 valence electrons. The average Bonchev–Trinajstić information content (AvgIpc) is 3.56. The van der Waals surface area contributed by atoms with Crippen LogP contribution in [0.3, 0.4) is 0 Å². The van der Waals surface area contributed by atoms with Gasteiger partial charge in [0.15, 0.2) is 0 Å². The molecule has 67 heavy (non-hydrogen) atoms. The fourth-order valence-corrected chi connectivity index (χ4v) is 7.54. The van der Waals surface area contributed by atoms with Crippen LogP contribution in [0, 0.1) is 6.92 Å². The van der Waals surface area contributed by atoms with Crippen molar-refractivity contribution in [3.05, 3.63) is 81.4 Å². The number of aromatic nitrogens is 2. The number of ether oxygens (including phenoxy) is 1. The molecule has 4 aromatic rings. The summed E-state index contributed by atoms with van der Waals surface area (Å²) in [5.41, 5.74) is 8.37. The number of aromatic amines is 1. The van der Waals surface area contributed by atoms with Crippen LogP contribution in [0.15, 0.2) is 53.3 Å². The number of fused-ring (bicyclic) bond motifs is 4. The Morgan fingerprint density at radius 1 is 0.866 bits per heavy atom. The Hall–Kier alpha value is -6.49. The van der Waals surface area contributed by atoms with E-state index in [1.165, 1.54) is 14.7 Å². The summed E-state index contributed by atoms with van der Waals surface area (Å²) < 4.78 is 5.41. The molecule has 1 aliphatic rings. The largest absolute Gasteiger partial charge is 2.00 e. The minimum Gasteiger partial charge on any atom is -0.480 e. The van der Waals surface area contributed by atoms with Crippen LogP contribution in [-0.4, -0.2) is 176 Å². The van der Waals surface area contributed by atoms with E-state index < -0.39 is 73.8 Å². The second-order valence-corrected chi connectivity index (χ2v) is 15.5. The van der Waals surface area contributed by atoms with Crippen LogP contribution in [0.2, 0.25) is 0 Å². The molecular formula is C44H57FeN9O13+2. The molecule has 0 saturated carbocycles. The van der Waals surface area contributed by atoms with Crippen molar-refractivity contribution in [2.75, 3.05) is 84.0 Å². The number of nitrogens with one attached hydrogen (secondary N) is 3. The zero-order valence-corrected chi connectivity index (χ0v) is 37.2. The number of nitrogens with zero attached hydrogens (tertiary/aromatic N) is 5. The first-order valence-corrected chi connectivity index (χ1v) is 20.8. The molecular weight excluding hydrogens is 918 g/mol. The van der Waals surface area contributed by atoms with Gasteiger partial charge in [-0.25, -0.2) is 9.78 Å². The normalized spacial score (nSPS) is 12.4. The van der Waals surface area contributed by atoms with Crippen LogP contribution >= 0.6 is 0 Å². The van der Waals surface area contributed by atoms with Gasteiger partial charge in [-0.3, -0.25) is 43.4 Å². The third-order valence-electron chi connectivity index (χ3n) is 10.6. The molecule has 0 spiro atoms. The number of hydrogen-bond acceptors (Lipinski definition) is 14. The van der Waals surface area contributed by atoms with Gasteiger partial charge >= 0.3 is 40.9 Å². The van der Waals surface area contributed by atoms with Gasteiger partial charge in [0.1, 0.15) is 11.9 Å². The number of carboxylic acid groups (broad SMARTS) is 4. The third-order valence-corrected chi connectivity index (χ3v) is 10.6. The SMILES string of the molecule is C.Cc1nc2ccc3ccc(CNc4ccc5c(c4)CN(C(CCC(=O)NCCN(CCOCCN)C(=O)CN(CCN(CC(=O)O)CC(=O)O)CC(=O)O)C(=O)O)C5=O)cc3c2c(=O)[nH]1.[Fe+2]. The smallest absolute Gasteiger partial charge is 0.480 e. The van der Waals surface area contributed by atoms with Crippen molar-refractivity contribution >= 4 is 69.0 Å². The Kier molecular flexibility index (Phi) is 21.3. The van der Waals surface area contributed by atoms with Gasteiger partial charge in [-0.1, -0.05) is 25.6 Å². The maximum Gasteiger partial charge on any atom is 2.00 e. The van der Waals surface area contributed by atoms with Crippen molar-refractivity contribution in [1.29, 1.82) is 0 Å². The van der Waals surface area contributed by atoms with E-state index in [9.17, 15) is 48.6 Å². The molecule has 0 radical (unpaired) electrons. The molecule has 0 fully saturated rings. The van der Waals surface area contributed by atoms with Crippen LogP contribution < -0.4 is 21.9 Å². The van der Waals surface area contributed by atoms with Crippen molar-refractivity contribution in [2.45, 2.75) is 46.3 Å². The number of aryl methyl sites for hydroxylation is 1. The number of hydrogen-bond donors (Lipinski definition) is 8. The number of carbonyl (C=O) groups excluding carboxylic acids is 3. The zero-order chi connectivity index (χ0) is 47.2. The number of H-pyrrole nitrogens is 1. The fourth-order valence-electron chi connectivity index (χ4n) is 7.54. The standard InChI is InChI=1S/C43H53N9O13.CH4.Fe/c1-26-47-33-7-4-28-3-2-27(18-32(28)40(33)41(61)48-26)20-46-30-5-6-31-29(19-30)21-52(42(31)62)34(43(63)64)8-9-35(53)45-11-12-51(15-17-65-16-10-44)36(54)22-49(23-37(55)56)13-14-50(24-38(57)58)25-39(59)60;;/h2-7,18-19,34,46H,8-17,20-25,44H2,1H3,(H,45,53)(H,55,56)(H,57,58)(H,59,60)(H,63,64)(H,47,48,61);1H4;/q;;+2. The molecule has 0 aliphatic carbocycles. The Balaban J connectivity index is 0.00000595. The number of benzene rings is 3. The van der Waals surface area contributed by atoms with Gasteiger partial charge in [0.05, 0.1) is 50.3 Å². The Morgan fingerprint density at radius 3 is 2.16 bits per heavy atom. The first kappa shape index (κ1) is 54.8. The molecule has 1 aromatic heterocycles. The predicted octanol–water partition coefficient (Wildman–Crippen LogP) is 0.598. The first-order valence-electron chi connectivity index (χ1n) is 20.8. The van der Waals surface area contributed by atoms with E-state index in [1.807, 2.05) is 30.3 Å². The number of carbonyl (C=O) groups is 7. The number of aliphatic carboxylic acids is 4. The molecule has 3 amide bonds. The fraction of sp³-hybridized carbons (Fsp3) is 0.432. The molecule has 0 bridgehead atoms. The van der Waals surface area contributed by atoms with Crippen LogP contribution in [0.4, 0.5) is 5.69 Å². The van der Waals surface area contributed by atoms with Crippen molar-refractivity contribution in [2.24, 2.45) is 5.73 Å². The van der Waals surface area contributed by atoms with Crippen molar-refractivity contribution in [3.8, 4) is 0 Å². The van der Waals surface area contributed by atoms with E-state index in [1.54, 1.807) is 25.1 Å². The molecule has 1 unspecified atom stereocenters. The maximum absolute atomic E-state index is 13.5. The summed E-state index contributed by atoms with van der Waals surface area (Å²) in [7, 11) is 0. The summed E-state index contributed by atoms with van der Waals surface area (Å²) in [4.78, 5) is 111. The summed E-state index contributed by atoms with van der Waals surface area (Å²) in [5, 5.41) is 46.0. The third kappa shape index (κ3) is 15.8. The Morgan fingerprint density at radius 2 is 1.52 bits per heavy atom. The maximum atomic E-state index is 13.5. The number of rotatable bonds is 27. The number of nitrogens with two attached hydrogens (primary N) is 1. The number of carboxylic acids is 4. The van der Waals surface area contributed by atoms with E-state index in [0.717, 1.165) is 21.2 Å². The molecule has 22 nitrogen and oxygen atoms in total. The summed E-state index contributed by atoms with van der Waals surface area (Å²) in [6.07, 6.45) is -0.476. The van der Waals surface area contributed by atoms with Gasteiger partial charge in [-0.05, 0) is 65.6 Å². The van der Waals surface area contributed by atoms with Crippen LogP contribution in [0.5, 0.6) is 0 Å². The van der Waals surface area contributed by atoms with E-state index in [4.69, 9.17) is 20.7 Å². The minimum atomic E-state index is -1.33. The zero-order valence-electron chi connectivity index (χ0n) is 36.1. The second kappa shape index (κ2) is 26.0. The second-order valence-electron chi connectivity index (χ2n) is 15.5. The van der Waals surface area contributed by atoms with E-state index in [0.29, 0.717) is 40.1 Å². The van der Waals surface area contributed by atoms with Gasteiger partial charge in [0.2, 0.25) is 11.8 Å². The van der Waals surface area contributed by atoms with Gasteiger partial charge < -0.3 is 56.3 Å².